The van der Waals surface area contributed by atoms with Crippen LogP contribution in [0.1, 0.15) is 5.56 Å². The van der Waals surface area contributed by atoms with Crippen molar-refractivity contribution in [2.45, 2.75) is 12.3 Å². The lowest BCUT2D eigenvalue weighted by Gasteiger charge is -2.14. The van der Waals surface area contributed by atoms with Crippen LogP contribution in [-0.2, 0) is 6.18 Å². The Morgan fingerprint density at radius 3 is 2.53 bits per heavy atom. The molecule has 10 heteroatoms. The predicted octanol–water partition coefficient (Wildman–Crippen LogP) is 4.28. The first-order chi connectivity index (χ1) is 14.3. The van der Waals surface area contributed by atoms with Crippen molar-refractivity contribution in [3.05, 3.63) is 72.2 Å². The molecule has 158 valence electrons. The van der Waals surface area contributed by atoms with E-state index < -0.39 is 23.7 Å². The molecular formula is C20H17F4N3O3. The summed E-state index contributed by atoms with van der Waals surface area (Å²) in [5, 5.41) is 12.8. The maximum absolute atomic E-state index is 12.9. The van der Waals surface area contributed by atoms with Crippen LogP contribution in [0, 0.1) is 5.82 Å². The Hall–Kier alpha value is -3.40. The fourth-order valence-electron chi connectivity index (χ4n) is 2.33. The Balaban J connectivity index is 1.50. The molecule has 1 heterocycles. The van der Waals surface area contributed by atoms with Gasteiger partial charge in [-0.2, -0.15) is 18.2 Å². The van der Waals surface area contributed by atoms with Gasteiger partial charge in [-0.25, -0.2) is 9.37 Å². The van der Waals surface area contributed by atoms with E-state index in [9.17, 15) is 22.7 Å². The van der Waals surface area contributed by atoms with Gasteiger partial charge in [0.15, 0.2) is 0 Å². The second kappa shape index (κ2) is 9.40. The highest BCUT2D eigenvalue weighted by atomic mass is 19.4. The molecule has 3 rings (SSSR count). The molecular weight excluding hydrogens is 406 g/mol. The zero-order chi connectivity index (χ0) is 21.6. The molecule has 0 bridgehead atoms. The summed E-state index contributed by atoms with van der Waals surface area (Å²) in [6, 6.07) is 11.3. The number of benzene rings is 2. The highest BCUT2D eigenvalue weighted by molar-refractivity contribution is 5.32. The largest absolute Gasteiger partial charge is 0.491 e. The number of nitrogens with one attached hydrogen (secondary N) is 1. The van der Waals surface area contributed by atoms with Crippen molar-refractivity contribution < 1.29 is 32.1 Å². The van der Waals surface area contributed by atoms with E-state index in [-0.39, 0.29) is 30.7 Å². The Morgan fingerprint density at radius 1 is 1.03 bits per heavy atom. The lowest BCUT2D eigenvalue weighted by Crippen LogP contribution is -2.27. The zero-order valence-corrected chi connectivity index (χ0v) is 15.4. The van der Waals surface area contributed by atoms with Gasteiger partial charge < -0.3 is 19.9 Å². The van der Waals surface area contributed by atoms with Crippen molar-refractivity contribution in [3.8, 4) is 17.4 Å². The molecule has 0 aliphatic heterocycles. The number of nitrogens with zero attached hydrogens (tertiary/aromatic N) is 2. The SMILES string of the molecule is OC(CNc1nccc(Oc2ccc(F)cc2)n1)COc1cccc(C(F)(F)F)c1. The number of anilines is 1. The summed E-state index contributed by atoms with van der Waals surface area (Å²) in [6.07, 6.45) is -4.08. The highest BCUT2D eigenvalue weighted by Gasteiger charge is 2.30. The average Bonchev–Trinajstić information content (AvgIpc) is 2.72. The van der Waals surface area contributed by atoms with E-state index >= 15 is 0 Å². The third kappa shape index (κ3) is 6.31. The van der Waals surface area contributed by atoms with Crippen LogP contribution in [-0.4, -0.2) is 34.3 Å². The van der Waals surface area contributed by atoms with Gasteiger partial charge in [-0.15, -0.1) is 0 Å². The summed E-state index contributed by atoms with van der Waals surface area (Å²) in [7, 11) is 0. The number of hydrogen-bond acceptors (Lipinski definition) is 6. The number of aromatic nitrogens is 2. The lowest BCUT2D eigenvalue weighted by atomic mass is 10.2. The third-order valence-corrected chi connectivity index (χ3v) is 3.77. The molecule has 2 aromatic carbocycles. The molecule has 0 radical (unpaired) electrons. The number of ether oxygens (including phenoxy) is 2. The number of aliphatic hydroxyl groups is 1. The Morgan fingerprint density at radius 2 is 1.80 bits per heavy atom. The number of rotatable bonds is 8. The van der Waals surface area contributed by atoms with Crippen LogP contribution >= 0.6 is 0 Å². The van der Waals surface area contributed by atoms with Crippen molar-refractivity contribution in [2.75, 3.05) is 18.5 Å². The first-order valence-electron chi connectivity index (χ1n) is 8.78. The fourth-order valence-corrected chi connectivity index (χ4v) is 2.33. The molecule has 3 aromatic rings. The lowest BCUT2D eigenvalue weighted by molar-refractivity contribution is -0.137. The van der Waals surface area contributed by atoms with Gasteiger partial charge in [0.2, 0.25) is 11.8 Å². The second-order valence-corrected chi connectivity index (χ2v) is 6.15. The summed E-state index contributed by atoms with van der Waals surface area (Å²) in [6.45, 7) is -0.251. The molecule has 0 aliphatic rings. The van der Waals surface area contributed by atoms with Gasteiger partial charge in [-0.1, -0.05) is 6.07 Å². The first kappa shape index (κ1) is 21.3. The van der Waals surface area contributed by atoms with Crippen molar-refractivity contribution >= 4 is 5.95 Å². The summed E-state index contributed by atoms with van der Waals surface area (Å²) < 4.78 is 61.8. The van der Waals surface area contributed by atoms with Gasteiger partial charge in [-0.3, -0.25) is 0 Å². The highest BCUT2D eigenvalue weighted by Crippen LogP contribution is 2.31. The second-order valence-electron chi connectivity index (χ2n) is 6.15. The van der Waals surface area contributed by atoms with Gasteiger partial charge in [0.25, 0.3) is 0 Å². The Kier molecular flexibility index (Phi) is 6.68. The number of halogens is 4. The van der Waals surface area contributed by atoms with Crippen molar-refractivity contribution in [2.24, 2.45) is 0 Å². The predicted molar refractivity (Wildman–Crippen MR) is 99.9 cm³/mol. The normalized spacial score (nSPS) is 12.3. The van der Waals surface area contributed by atoms with E-state index in [0.29, 0.717) is 5.75 Å². The van der Waals surface area contributed by atoms with Gasteiger partial charge in [0, 0.05) is 18.8 Å². The van der Waals surface area contributed by atoms with Crippen LogP contribution in [0.4, 0.5) is 23.5 Å². The summed E-state index contributed by atoms with van der Waals surface area (Å²) >= 11 is 0. The van der Waals surface area contributed by atoms with Gasteiger partial charge in [-0.05, 0) is 42.5 Å². The molecule has 1 unspecified atom stereocenters. The van der Waals surface area contributed by atoms with Crippen molar-refractivity contribution in [3.63, 3.8) is 0 Å². The molecule has 0 fully saturated rings. The maximum atomic E-state index is 12.9. The average molecular weight is 423 g/mol. The van der Waals surface area contributed by atoms with E-state index in [1.54, 1.807) is 0 Å². The standard InChI is InChI=1S/C20H17F4N3O3/c21-14-4-6-16(7-5-14)30-18-8-9-25-19(27-18)26-11-15(28)12-29-17-3-1-2-13(10-17)20(22,23)24/h1-10,15,28H,11-12H2,(H,25,26,27). The molecule has 0 saturated heterocycles. The third-order valence-electron chi connectivity index (χ3n) is 3.77. The van der Waals surface area contributed by atoms with E-state index in [1.165, 1.54) is 48.7 Å². The topological polar surface area (TPSA) is 76.5 Å². The van der Waals surface area contributed by atoms with Crippen LogP contribution in [0.25, 0.3) is 0 Å². The Labute approximate surface area is 169 Å². The quantitative estimate of drug-likeness (QED) is 0.527. The minimum Gasteiger partial charge on any atom is -0.491 e. The van der Waals surface area contributed by atoms with Gasteiger partial charge >= 0.3 is 6.18 Å². The summed E-state index contributed by atoms with van der Waals surface area (Å²) in [5.74, 6) is 0.348. The molecule has 6 nitrogen and oxygen atoms in total. The monoisotopic (exact) mass is 423 g/mol. The van der Waals surface area contributed by atoms with Crippen molar-refractivity contribution in [1.82, 2.24) is 9.97 Å². The summed E-state index contributed by atoms with van der Waals surface area (Å²) in [5.41, 5.74) is -0.834. The minimum absolute atomic E-state index is 0.00480. The fraction of sp³-hybridized carbons (Fsp3) is 0.200. The molecule has 0 saturated carbocycles. The van der Waals surface area contributed by atoms with E-state index in [4.69, 9.17) is 9.47 Å². The molecule has 0 aliphatic carbocycles. The minimum atomic E-state index is -4.47. The van der Waals surface area contributed by atoms with Gasteiger partial charge in [0.05, 0.1) is 5.56 Å². The molecule has 0 spiro atoms. The Bertz CT molecular complexity index is 968. The van der Waals surface area contributed by atoms with Crippen molar-refractivity contribution in [1.29, 1.82) is 0 Å². The first-order valence-corrected chi connectivity index (χ1v) is 8.78. The van der Waals surface area contributed by atoms with Crippen LogP contribution in [0.2, 0.25) is 0 Å². The molecule has 1 aromatic heterocycles. The molecule has 2 N–H and O–H groups in total. The molecule has 30 heavy (non-hydrogen) atoms. The van der Waals surface area contributed by atoms with Crippen LogP contribution in [0.5, 0.6) is 17.4 Å². The molecule has 0 amide bonds. The van der Waals surface area contributed by atoms with E-state index in [1.807, 2.05) is 0 Å². The number of hydrogen-bond donors (Lipinski definition) is 2. The van der Waals surface area contributed by atoms with E-state index in [0.717, 1.165) is 12.1 Å². The summed E-state index contributed by atoms with van der Waals surface area (Å²) in [4.78, 5) is 8.09. The van der Waals surface area contributed by atoms with E-state index in [2.05, 4.69) is 15.3 Å². The van der Waals surface area contributed by atoms with Crippen LogP contribution < -0.4 is 14.8 Å². The van der Waals surface area contributed by atoms with Gasteiger partial charge in [0.1, 0.15) is 30.0 Å². The number of aliphatic hydroxyl groups excluding tert-OH is 1. The number of alkyl halides is 3. The van der Waals surface area contributed by atoms with Crippen LogP contribution in [0.3, 0.4) is 0 Å². The smallest absolute Gasteiger partial charge is 0.416 e. The van der Waals surface area contributed by atoms with Crippen LogP contribution in [0.15, 0.2) is 60.8 Å². The maximum Gasteiger partial charge on any atom is 0.416 e. The molecule has 1 atom stereocenters. The zero-order valence-electron chi connectivity index (χ0n) is 15.4.